The Morgan fingerprint density at radius 2 is 2.11 bits per heavy atom. The number of hydrogen-bond acceptors (Lipinski definition) is 6. The van der Waals surface area contributed by atoms with Gasteiger partial charge in [-0.25, -0.2) is 0 Å². The van der Waals surface area contributed by atoms with Crippen LogP contribution >= 0.6 is 0 Å². The SMILES string of the molecule is CCN(Cc1cnc(CO)c2cn[nH]c12)C(=O)c1ccc(-c2cccc(C#N)c2)c(OC2CC2)c1. The largest absolute Gasteiger partial charge is 0.490 e. The van der Waals surface area contributed by atoms with E-state index in [1.807, 2.05) is 31.2 Å². The maximum Gasteiger partial charge on any atom is 0.254 e. The van der Waals surface area contributed by atoms with Crippen molar-refractivity contribution in [2.45, 2.75) is 39.0 Å². The van der Waals surface area contributed by atoms with Crippen LogP contribution in [0, 0.1) is 11.3 Å². The van der Waals surface area contributed by atoms with Crippen molar-refractivity contribution in [3.8, 4) is 22.9 Å². The van der Waals surface area contributed by atoms with Crippen LogP contribution < -0.4 is 4.74 Å². The molecule has 2 heterocycles. The number of rotatable bonds is 8. The molecule has 1 fully saturated rings. The van der Waals surface area contributed by atoms with Crippen LogP contribution in [0.1, 0.15) is 46.9 Å². The molecule has 35 heavy (non-hydrogen) atoms. The summed E-state index contributed by atoms with van der Waals surface area (Å²) in [6.45, 7) is 2.60. The molecule has 0 aliphatic heterocycles. The van der Waals surface area contributed by atoms with Gasteiger partial charge in [0.05, 0.1) is 41.8 Å². The fourth-order valence-electron chi connectivity index (χ4n) is 4.11. The van der Waals surface area contributed by atoms with Gasteiger partial charge in [0.25, 0.3) is 5.91 Å². The quantitative estimate of drug-likeness (QED) is 0.401. The normalized spacial score (nSPS) is 12.9. The van der Waals surface area contributed by atoms with Gasteiger partial charge >= 0.3 is 0 Å². The number of nitrogens with zero attached hydrogens (tertiary/aromatic N) is 4. The number of carbonyl (C=O) groups excluding carboxylic acids is 1. The van der Waals surface area contributed by atoms with Gasteiger partial charge in [-0.15, -0.1) is 0 Å². The number of aromatic nitrogens is 3. The smallest absolute Gasteiger partial charge is 0.254 e. The summed E-state index contributed by atoms with van der Waals surface area (Å²) in [6.07, 6.45) is 5.46. The summed E-state index contributed by atoms with van der Waals surface area (Å²) in [5.74, 6) is 0.527. The lowest BCUT2D eigenvalue weighted by Gasteiger charge is -2.22. The number of fused-ring (bicyclic) bond motifs is 1. The van der Waals surface area contributed by atoms with Crippen molar-refractivity contribution in [1.29, 1.82) is 5.26 Å². The zero-order chi connectivity index (χ0) is 24.4. The van der Waals surface area contributed by atoms with Crippen LogP contribution in [0.5, 0.6) is 5.75 Å². The standard InChI is InChI=1S/C27H25N5O3/c1-2-32(15-20-13-29-24(16-33)23-14-30-31-26(20)23)27(34)19-6-9-22(25(11-19)35-21-7-8-21)18-5-3-4-17(10-18)12-28/h3-6,9-11,13-14,21,33H,2,7-8,15-16H2,1H3,(H,30,31). The summed E-state index contributed by atoms with van der Waals surface area (Å²) in [6, 6.07) is 15.0. The monoisotopic (exact) mass is 467 g/mol. The highest BCUT2D eigenvalue weighted by Gasteiger charge is 2.26. The molecule has 8 heteroatoms. The fourth-order valence-corrected chi connectivity index (χ4v) is 4.11. The number of hydrogen-bond donors (Lipinski definition) is 2. The Labute approximate surface area is 202 Å². The van der Waals surface area contributed by atoms with Crippen LogP contribution in [0.25, 0.3) is 22.0 Å². The number of aromatic amines is 1. The Hall–Kier alpha value is -4.22. The second-order valence-corrected chi connectivity index (χ2v) is 8.59. The lowest BCUT2D eigenvalue weighted by atomic mass is 10.00. The average Bonchev–Trinajstić information content (AvgIpc) is 3.57. The second kappa shape index (κ2) is 9.57. The van der Waals surface area contributed by atoms with E-state index in [0.717, 1.165) is 40.4 Å². The van der Waals surface area contributed by atoms with Crippen molar-refractivity contribution in [2.75, 3.05) is 6.54 Å². The highest BCUT2D eigenvalue weighted by molar-refractivity contribution is 5.96. The van der Waals surface area contributed by atoms with Crippen molar-refractivity contribution in [1.82, 2.24) is 20.1 Å². The van der Waals surface area contributed by atoms with E-state index in [9.17, 15) is 15.2 Å². The fraction of sp³-hybridized carbons (Fsp3) is 0.259. The lowest BCUT2D eigenvalue weighted by molar-refractivity contribution is 0.0752. The van der Waals surface area contributed by atoms with E-state index in [-0.39, 0.29) is 18.6 Å². The topological polar surface area (TPSA) is 115 Å². The molecular formula is C27H25N5O3. The highest BCUT2D eigenvalue weighted by atomic mass is 16.5. The van der Waals surface area contributed by atoms with Gasteiger partial charge in [0.1, 0.15) is 5.75 Å². The summed E-state index contributed by atoms with van der Waals surface area (Å²) in [5, 5.41) is 26.6. The van der Waals surface area contributed by atoms with Crippen molar-refractivity contribution >= 4 is 16.8 Å². The number of pyridine rings is 1. The first-order valence-electron chi connectivity index (χ1n) is 11.6. The molecule has 8 nitrogen and oxygen atoms in total. The molecule has 2 aromatic heterocycles. The molecule has 176 valence electrons. The minimum Gasteiger partial charge on any atom is -0.490 e. The molecule has 1 aliphatic rings. The van der Waals surface area contributed by atoms with Gasteiger partial charge in [0.15, 0.2) is 0 Å². The number of aliphatic hydroxyl groups is 1. The van der Waals surface area contributed by atoms with Gasteiger partial charge < -0.3 is 14.7 Å². The van der Waals surface area contributed by atoms with E-state index < -0.39 is 0 Å². The first kappa shape index (κ1) is 22.6. The van der Waals surface area contributed by atoms with Gasteiger partial charge in [0, 0.05) is 41.4 Å². The molecule has 2 N–H and O–H groups in total. The Balaban J connectivity index is 1.46. The van der Waals surface area contributed by atoms with E-state index in [1.165, 1.54) is 0 Å². The van der Waals surface area contributed by atoms with Crippen molar-refractivity contribution in [3.63, 3.8) is 0 Å². The van der Waals surface area contributed by atoms with Crippen molar-refractivity contribution < 1.29 is 14.6 Å². The molecule has 4 aromatic rings. The van der Waals surface area contributed by atoms with Crippen LogP contribution in [0.15, 0.2) is 54.9 Å². The molecule has 0 bridgehead atoms. The van der Waals surface area contributed by atoms with E-state index >= 15 is 0 Å². The zero-order valence-corrected chi connectivity index (χ0v) is 19.4. The average molecular weight is 468 g/mol. The van der Waals surface area contributed by atoms with Crippen LogP contribution in [0.2, 0.25) is 0 Å². The highest BCUT2D eigenvalue weighted by Crippen LogP contribution is 2.36. The predicted octanol–water partition coefficient (Wildman–Crippen LogP) is 4.19. The number of ether oxygens (including phenoxy) is 1. The minimum atomic E-state index is -0.180. The van der Waals surface area contributed by atoms with E-state index in [1.54, 1.807) is 35.5 Å². The number of aliphatic hydroxyl groups excluding tert-OH is 1. The van der Waals surface area contributed by atoms with Gasteiger partial charge in [-0.3, -0.25) is 14.9 Å². The molecular weight excluding hydrogens is 442 g/mol. The molecule has 0 unspecified atom stereocenters. The summed E-state index contributed by atoms with van der Waals surface area (Å²) in [7, 11) is 0. The molecule has 0 spiro atoms. The van der Waals surface area contributed by atoms with Crippen molar-refractivity contribution in [3.05, 3.63) is 77.2 Å². The summed E-state index contributed by atoms with van der Waals surface area (Å²) < 4.78 is 6.18. The molecule has 1 amide bonds. The van der Waals surface area contributed by atoms with Crippen LogP contribution in [0.4, 0.5) is 0 Å². The molecule has 0 atom stereocenters. The van der Waals surface area contributed by atoms with Crippen LogP contribution in [-0.4, -0.2) is 43.7 Å². The maximum atomic E-state index is 13.5. The van der Waals surface area contributed by atoms with Gasteiger partial charge in [0.2, 0.25) is 0 Å². The summed E-state index contributed by atoms with van der Waals surface area (Å²) in [5.41, 5.74) is 4.97. The molecule has 0 saturated heterocycles. The Kier molecular flexibility index (Phi) is 6.17. The van der Waals surface area contributed by atoms with E-state index in [4.69, 9.17) is 4.74 Å². The third-order valence-electron chi connectivity index (χ3n) is 6.18. The Morgan fingerprint density at radius 3 is 2.86 bits per heavy atom. The number of nitriles is 1. The first-order chi connectivity index (χ1) is 17.1. The molecule has 2 aromatic carbocycles. The predicted molar refractivity (Wildman–Crippen MR) is 130 cm³/mol. The second-order valence-electron chi connectivity index (χ2n) is 8.59. The molecule has 1 aliphatic carbocycles. The van der Waals surface area contributed by atoms with Crippen LogP contribution in [0.3, 0.4) is 0 Å². The molecule has 1 saturated carbocycles. The van der Waals surface area contributed by atoms with E-state index in [0.29, 0.717) is 35.7 Å². The lowest BCUT2D eigenvalue weighted by Crippen LogP contribution is -2.30. The zero-order valence-electron chi connectivity index (χ0n) is 19.4. The Bertz CT molecular complexity index is 1430. The van der Waals surface area contributed by atoms with E-state index in [2.05, 4.69) is 21.3 Å². The van der Waals surface area contributed by atoms with Crippen LogP contribution in [-0.2, 0) is 13.2 Å². The van der Waals surface area contributed by atoms with Gasteiger partial charge in [-0.1, -0.05) is 12.1 Å². The summed E-state index contributed by atoms with van der Waals surface area (Å²) in [4.78, 5) is 19.6. The minimum absolute atomic E-state index is 0.121. The number of nitrogens with one attached hydrogen (secondary N) is 1. The maximum absolute atomic E-state index is 13.5. The molecule has 0 radical (unpaired) electrons. The number of amides is 1. The number of H-pyrrole nitrogens is 1. The molecule has 5 rings (SSSR count). The third kappa shape index (κ3) is 4.59. The number of benzene rings is 2. The summed E-state index contributed by atoms with van der Waals surface area (Å²) >= 11 is 0. The first-order valence-corrected chi connectivity index (χ1v) is 11.6. The van der Waals surface area contributed by atoms with Crippen molar-refractivity contribution in [2.24, 2.45) is 0 Å². The van der Waals surface area contributed by atoms with Gasteiger partial charge in [-0.2, -0.15) is 10.4 Å². The van der Waals surface area contributed by atoms with Gasteiger partial charge in [-0.05, 0) is 55.7 Å². The number of carbonyl (C=O) groups is 1. The Morgan fingerprint density at radius 1 is 1.26 bits per heavy atom. The third-order valence-corrected chi connectivity index (χ3v) is 6.18.